The molecule has 0 unspecified atom stereocenters. The lowest BCUT2D eigenvalue weighted by atomic mass is 9.85. The van der Waals surface area contributed by atoms with Crippen LogP contribution in [-0.4, -0.2) is 14.5 Å². The molecule has 0 aliphatic rings. The van der Waals surface area contributed by atoms with Gasteiger partial charge >= 0.3 is 0 Å². The van der Waals surface area contributed by atoms with Crippen LogP contribution in [0.1, 0.15) is 51.7 Å². The first kappa shape index (κ1) is 20.1. The Bertz CT molecular complexity index is 804. The van der Waals surface area contributed by atoms with Crippen molar-refractivity contribution < 1.29 is 12.6 Å². The zero-order chi connectivity index (χ0) is 18.8. The number of hydrogen-bond acceptors (Lipinski definition) is 3. The average Bonchev–Trinajstić information content (AvgIpc) is 2.53. The van der Waals surface area contributed by atoms with Gasteiger partial charge in [0.15, 0.2) is 0 Å². The van der Waals surface area contributed by atoms with Crippen molar-refractivity contribution in [2.75, 3.05) is 0 Å². The molecule has 0 saturated heterocycles. The Kier molecular flexibility index (Phi) is 6.13. The van der Waals surface area contributed by atoms with Gasteiger partial charge in [0.05, 0.1) is 11.0 Å². The normalized spacial score (nSPS) is 15.0. The highest BCUT2D eigenvalue weighted by atomic mass is 79.9. The van der Waals surface area contributed by atoms with Gasteiger partial charge in [-0.1, -0.05) is 67.9 Å². The van der Waals surface area contributed by atoms with Gasteiger partial charge < -0.3 is 0 Å². The van der Waals surface area contributed by atoms with Crippen LogP contribution in [0.2, 0.25) is 0 Å². The third-order valence-corrected chi connectivity index (χ3v) is 6.32. The first-order chi connectivity index (χ1) is 11.5. The van der Waals surface area contributed by atoms with E-state index in [-0.39, 0.29) is 16.2 Å². The molecular formula is C20H25BrO3S. The molecule has 0 aliphatic heterocycles. The van der Waals surface area contributed by atoms with Gasteiger partial charge in [-0.3, -0.25) is 4.18 Å². The first-order valence-corrected chi connectivity index (χ1v) is 10.5. The Morgan fingerprint density at radius 2 is 1.44 bits per heavy atom. The lowest BCUT2D eigenvalue weighted by molar-refractivity contribution is 0.203. The summed E-state index contributed by atoms with van der Waals surface area (Å²) in [5.41, 5.74) is 2.40. The number of halogens is 1. The summed E-state index contributed by atoms with van der Waals surface area (Å²) < 4.78 is 31.1. The van der Waals surface area contributed by atoms with E-state index in [4.69, 9.17) is 4.18 Å². The first-order valence-electron chi connectivity index (χ1n) is 8.30. The summed E-state index contributed by atoms with van der Waals surface area (Å²) in [6.45, 7) is 10.3. The lowest BCUT2D eigenvalue weighted by Gasteiger charge is -2.23. The zero-order valence-corrected chi connectivity index (χ0v) is 17.7. The minimum Gasteiger partial charge on any atom is -0.263 e. The van der Waals surface area contributed by atoms with Crippen LogP contribution in [0.25, 0.3) is 0 Å². The Hall–Kier alpha value is -1.17. The summed E-state index contributed by atoms with van der Waals surface area (Å²) in [5, 5.41) is 0. The standard InChI is InChI=1S/C20H25BrO3S/c1-14(16-6-8-17(9-7-16)20(3,4)5)15(2)24-25(22,23)19-12-10-18(21)11-13-19/h6-15H,1-5H3/t14-,15-/m1/s1. The monoisotopic (exact) mass is 424 g/mol. The van der Waals surface area contributed by atoms with Crippen LogP contribution in [0, 0.1) is 0 Å². The molecule has 0 spiro atoms. The molecule has 2 rings (SSSR count). The second-order valence-corrected chi connectivity index (χ2v) is 9.86. The number of benzene rings is 2. The van der Waals surface area contributed by atoms with Gasteiger partial charge in [-0.25, -0.2) is 0 Å². The third-order valence-electron chi connectivity index (χ3n) is 4.39. The van der Waals surface area contributed by atoms with Crippen molar-refractivity contribution in [3.63, 3.8) is 0 Å². The smallest absolute Gasteiger partial charge is 0.263 e. The molecule has 0 aromatic heterocycles. The summed E-state index contributed by atoms with van der Waals surface area (Å²) in [7, 11) is -3.78. The van der Waals surface area contributed by atoms with Gasteiger partial charge in [0.2, 0.25) is 0 Å². The quantitative estimate of drug-likeness (QED) is 0.582. The maximum atomic E-state index is 12.4. The van der Waals surface area contributed by atoms with Gasteiger partial charge in [0, 0.05) is 10.4 Å². The zero-order valence-electron chi connectivity index (χ0n) is 15.3. The van der Waals surface area contributed by atoms with Gasteiger partial charge in [0.1, 0.15) is 0 Å². The Balaban J connectivity index is 2.14. The van der Waals surface area contributed by atoms with E-state index < -0.39 is 16.2 Å². The molecule has 0 heterocycles. The van der Waals surface area contributed by atoms with E-state index >= 15 is 0 Å². The summed E-state index contributed by atoms with van der Waals surface area (Å²) in [6.07, 6.45) is -0.464. The maximum absolute atomic E-state index is 12.4. The molecule has 136 valence electrons. The van der Waals surface area contributed by atoms with E-state index in [0.29, 0.717) is 0 Å². The van der Waals surface area contributed by atoms with Crippen LogP contribution in [0.4, 0.5) is 0 Å². The highest BCUT2D eigenvalue weighted by Crippen LogP contribution is 2.28. The topological polar surface area (TPSA) is 43.4 Å². The van der Waals surface area contributed by atoms with E-state index in [1.807, 2.05) is 6.92 Å². The fourth-order valence-electron chi connectivity index (χ4n) is 2.50. The number of hydrogen-bond donors (Lipinski definition) is 0. The van der Waals surface area contributed by atoms with Crippen LogP contribution in [0.5, 0.6) is 0 Å². The van der Waals surface area contributed by atoms with E-state index in [1.165, 1.54) is 17.7 Å². The van der Waals surface area contributed by atoms with Crippen LogP contribution in [0.3, 0.4) is 0 Å². The van der Waals surface area contributed by atoms with Gasteiger partial charge in [0.25, 0.3) is 10.1 Å². The summed E-state index contributed by atoms with van der Waals surface area (Å²) in [4.78, 5) is 0.165. The van der Waals surface area contributed by atoms with Crippen molar-refractivity contribution in [3.05, 3.63) is 64.1 Å². The van der Waals surface area contributed by atoms with Crippen LogP contribution in [-0.2, 0) is 19.7 Å². The Morgan fingerprint density at radius 3 is 1.92 bits per heavy atom. The van der Waals surface area contributed by atoms with Crippen molar-refractivity contribution in [2.24, 2.45) is 0 Å². The largest absolute Gasteiger partial charge is 0.297 e. The Morgan fingerprint density at radius 1 is 0.920 bits per heavy atom. The molecular weight excluding hydrogens is 400 g/mol. The predicted molar refractivity (Wildman–Crippen MR) is 105 cm³/mol. The lowest BCUT2D eigenvalue weighted by Crippen LogP contribution is -2.21. The van der Waals surface area contributed by atoms with Crippen molar-refractivity contribution >= 4 is 26.0 Å². The van der Waals surface area contributed by atoms with Crippen LogP contribution >= 0.6 is 15.9 Å². The van der Waals surface area contributed by atoms with E-state index in [2.05, 4.69) is 61.0 Å². The van der Waals surface area contributed by atoms with Crippen molar-refractivity contribution in [1.29, 1.82) is 0 Å². The summed E-state index contributed by atoms with van der Waals surface area (Å²) >= 11 is 3.30. The number of rotatable bonds is 5. The maximum Gasteiger partial charge on any atom is 0.297 e. The van der Waals surface area contributed by atoms with Gasteiger partial charge in [-0.15, -0.1) is 0 Å². The average molecular weight is 425 g/mol. The fourth-order valence-corrected chi connectivity index (χ4v) is 3.91. The third kappa shape index (κ3) is 5.16. The Labute approximate surface area is 159 Å². The molecule has 0 amide bonds. The highest BCUT2D eigenvalue weighted by molar-refractivity contribution is 9.10. The SMILES string of the molecule is C[C@@H](OS(=O)(=O)c1ccc(Br)cc1)[C@@H](C)c1ccc(C(C)(C)C)cc1. The molecule has 2 aromatic rings. The highest BCUT2D eigenvalue weighted by Gasteiger charge is 2.24. The molecule has 2 atom stereocenters. The van der Waals surface area contributed by atoms with E-state index in [9.17, 15) is 8.42 Å². The van der Waals surface area contributed by atoms with Gasteiger partial charge in [-0.2, -0.15) is 8.42 Å². The molecule has 0 saturated carbocycles. The minimum atomic E-state index is -3.78. The fraction of sp³-hybridized carbons (Fsp3) is 0.400. The van der Waals surface area contributed by atoms with Crippen molar-refractivity contribution in [3.8, 4) is 0 Å². The van der Waals surface area contributed by atoms with E-state index in [1.54, 1.807) is 19.1 Å². The van der Waals surface area contributed by atoms with Gasteiger partial charge in [-0.05, 0) is 47.7 Å². The van der Waals surface area contributed by atoms with Crippen LogP contribution < -0.4 is 0 Å². The summed E-state index contributed by atoms with van der Waals surface area (Å²) in [5.74, 6) is -0.0424. The molecule has 0 N–H and O–H groups in total. The van der Waals surface area contributed by atoms with E-state index in [0.717, 1.165) is 10.0 Å². The molecule has 0 fully saturated rings. The molecule has 0 bridgehead atoms. The predicted octanol–water partition coefficient (Wildman–Crippen LogP) is 5.64. The minimum absolute atomic E-state index is 0.0424. The van der Waals surface area contributed by atoms with Crippen molar-refractivity contribution in [1.82, 2.24) is 0 Å². The molecule has 5 heteroatoms. The molecule has 2 aromatic carbocycles. The summed E-state index contributed by atoms with van der Waals surface area (Å²) in [6, 6.07) is 14.8. The molecule has 0 radical (unpaired) electrons. The van der Waals surface area contributed by atoms with Crippen molar-refractivity contribution in [2.45, 2.75) is 57.0 Å². The molecule has 3 nitrogen and oxygen atoms in total. The molecule has 0 aliphatic carbocycles. The second kappa shape index (κ2) is 7.60. The molecule has 25 heavy (non-hydrogen) atoms. The van der Waals surface area contributed by atoms with Crippen LogP contribution in [0.15, 0.2) is 57.9 Å². The second-order valence-electron chi connectivity index (χ2n) is 7.37.